The first-order valence-electron chi connectivity index (χ1n) is 5.40. The molecule has 0 atom stereocenters. The molecule has 0 spiro atoms. The molecule has 1 N–H and O–H groups in total. The van der Waals surface area contributed by atoms with Crippen molar-refractivity contribution >= 4 is 0 Å². The topological polar surface area (TPSA) is 30.5 Å². The summed E-state index contributed by atoms with van der Waals surface area (Å²) in [5.41, 5.74) is 0.131. The predicted octanol–water partition coefficient (Wildman–Crippen LogP) is 2.41. The van der Waals surface area contributed by atoms with Gasteiger partial charge in [-0.2, -0.15) is 13.2 Å². The van der Waals surface area contributed by atoms with Crippen LogP contribution >= 0.6 is 0 Å². The van der Waals surface area contributed by atoms with Gasteiger partial charge in [-0.25, -0.2) is 0 Å². The minimum absolute atomic E-state index is 0.362. The highest BCUT2D eigenvalue weighted by molar-refractivity contribution is 5.24. The van der Waals surface area contributed by atoms with Crippen molar-refractivity contribution in [3.63, 3.8) is 0 Å². The molecule has 102 valence electrons. The first kappa shape index (κ1) is 14.9. The Morgan fingerprint density at radius 3 is 2.11 bits per heavy atom. The largest absolute Gasteiger partial charge is 0.416 e. The average molecular weight is 263 g/mol. The first-order valence-corrected chi connectivity index (χ1v) is 5.40. The van der Waals surface area contributed by atoms with Gasteiger partial charge >= 0.3 is 6.18 Å². The predicted molar refractivity (Wildman–Crippen MR) is 61.0 cm³/mol. The standard InChI is InChI=1S/C12H16F3NO2/c1-17-11(18-2)8-16-7-9-3-5-10(6-4-9)12(13,14)15/h3-6,11,16H,7-8H2,1-2H3. The lowest BCUT2D eigenvalue weighted by Gasteiger charge is -2.14. The second-order valence-corrected chi connectivity index (χ2v) is 3.73. The summed E-state index contributed by atoms with van der Waals surface area (Å²) in [7, 11) is 3.04. The summed E-state index contributed by atoms with van der Waals surface area (Å²) in [6.45, 7) is 0.926. The monoisotopic (exact) mass is 263 g/mol. The molecular formula is C12H16F3NO2. The summed E-state index contributed by atoms with van der Waals surface area (Å²) < 4.78 is 46.9. The molecular weight excluding hydrogens is 247 g/mol. The van der Waals surface area contributed by atoms with Crippen LogP contribution in [0, 0.1) is 0 Å². The highest BCUT2D eigenvalue weighted by Crippen LogP contribution is 2.28. The van der Waals surface area contributed by atoms with E-state index >= 15 is 0 Å². The molecule has 0 fully saturated rings. The van der Waals surface area contributed by atoms with Gasteiger partial charge in [-0.05, 0) is 17.7 Å². The van der Waals surface area contributed by atoms with Gasteiger partial charge in [-0.3, -0.25) is 0 Å². The van der Waals surface area contributed by atoms with E-state index in [1.54, 1.807) is 0 Å². The normalized spacial score (nSPS) is 12.1. The Balaban J connectivity index is 2.45. The van der Waals surface area contributed by atoms with Crippen molar-refractivity contribution in [1.29, 1.82) is 0 Å². The number of hydrogen-bond donors (Lipinski definition) is 1. The van der Waals surface area contributed by atoms with Crippen molar-refractivity contribution in [2.24, 2.45) is 0 Å². The zero-order chi connectivity index (χ0) is 13.6. The number of methoxy groups -OCH3 is 2. The zero-order valence-corrected chi connectivity index (χ0v) is 10.3. The van der Waals surface area contributed by atoms with Gasteiger partial charge in [0.1, 0.15) is 0 Å². The quantitative estimate of drug-likeness (QED) is 0.799. The third-order valence-electron chi connectivity index (χ3n) is 2.45. The number of benzene rings is 1. The Bertz CT molecular complexity index is 347. The molecule has 6 heteroatoms. The minimum atomic E-state index is -4.29. The molecule has 1 rings (SSSR count). The SMILES string of the molecule is COC(CNCc1ccc(C(F)(F)F)cc1)OC. The molecule has 0 aliphatic rings. The van der Waals surface area contributed by atoms with Crippen molar-refractivity contribution < 1.29 is 22.6 Å². The maximum atomic E-state index is 12.3. The van der Waals surface area contributed by atoms with Gasteiger partial charge in [-0.15, -0.1) is 0 Å². The fourth-order valence-corrected chi connectivity index (χ4v) is 1.41. The molecule has 1 aromatic carbocycles. The second kappa shape index (κ2) is 6.72. The van der Waals surface area contributed by atoms with E-state index in [0.29, 0.717) is 13.1 Å². The second-order valence-electron chi connectivity index (χ2n) is 3.73. The van der Waals surface area contributed by atoms with Crippen molar-refractivity contribution in [1.82, 2.24) is 5.32 Å². The van der Waals surface area contributed by atoms with Crippen LogP contribution in [0.3, 0.4) is 0 Å². The molecule has 0 amide bonds. The van der Waals surface area contributed by atoms with Crippen LogP contribution < -0.4 is 5.32 Å². The summed E-state index contributed by atoms with van der Waals surface area (Å²) in [5, 5.41) is 3.03. The van der Waals surface area contributed by atoms with Gasteiger partial charge in [0.2, 0.25) is 0 Å². The van der Waals surface area contributed by atoms with Crippen LogP contribution in [0.1, 0.15) is 11.1 Å². The van der Waals surface area contributed by atoms with Crippen molar-refractivity contribution in [3.05, 3.63) is 35.4 Å². The molecule has 0 heterocycles. The van der Waals surface area contributed by atoms with E-state index in [4.69, 9.17) is 9.47 Å². The smallest absolute Gasteiger partial charge is 0.355 e. The third-order valence-corrected chi connectivity index (χ3v) is 2.45. The Morgan fingerprint density at radius 1 is 1.11 bits per heavy atom. The number of ether oxygens (including phenoxy) is 2. The van der Waals surface area contributed by atoms with Crippen LogP contribution in [0.5, 0.6) is 0 Å². The van der Waals surface area contributed by atoms with Gasteiger partial charge in [0, 0.05) is 27.3 Å². The fraction of sp³-hybridized carbons (Fsp3) is 0.500. The van der Waals surface area contributed by atoms with Gasteiger partial charge in [0.05, 0.1) is 5.56 Å². The molecule has 1 aromatic rings. The van der Waals surface area contributed by atoms with Crippen LogP contribution in [-0.4, -0.2) is 27.1 Å². The molecule has 0 bridgehead atoms. The van der Waals surface area contributed by atoms with Crippen LogP contribution in [0.2, 0.25) is 0 Å². The summed E-state index contributed by atoms with van der Waals surface area (Å²) in [4.78, 5) is 0. The van der Waals surface area contributed by atoms with E-state index in [-0.39, 0.29) is 6.29 Å². The molecule has 0 saturated carbocycles. The third kappa shape index (κ3) is 4.64. The molecule has 18 heavy (non-hydrogen) atoms. The lowest BCUT2D eigenvalue weighted by Crippen LogP contribution is -2.29. The molecule has 0 unspecified atom stereocenters. The highest BCUT2D eigenvalue weighted by Gasteiger charge is 2.29. The van der Waals surface area contributed by atoms with E-state index in [9.17, 15) is 13.2 Å². The van der Waals surface area contributed by atoms with E-state index in [1.165, 1.54) is 26.4 Å². The van der Waals surface area contributed by atoms with Gasteiger partial charge in [-0.1, -0.05) is 12.1 Å². The number of hydrogen-bond acceptors (Lipinski definition) is 3. The molecule has 0 radical (unpaired) electrons. The Kier molecular flexibility index (Phi) is 5.58. The number of halogens is 3. The number of rotatable bonds is 6. The van der Waals surface area contributed by atoms with Crippen molar-refractivity contribution in [3.8, 4) is 0 Å². The van der Waals surface area contributed by atoms with Gasteiger partial charge in [0.15, 0.2) is 6.29 Å². The van der Waals surface area contributed by atoms with E-state index < -0.39 is 11.7 Å². The Hall–Kier alpha value is -1.11. The molecule has 3 nitrogen and oxygen atoms in total. The zero-order valence-electron chi connectivity index (χ0n) is 10.3. The summed E-state index contributed by atoms with van der Waals surface area (Å²) in [6, 6.07) is 5.04. The average Bonchev–Trinajstić information content (AvgIpc) is 2.34. The van der Waals surface area contributed by atoms with Gasteiger partial charge < -0.3 is 14.8 Å². The maximum Gasteiger partial charge on any atom is 0.416 e. The van der Waals surface area contributed by atoms with Gasteiger partial charge in [0.25, 0.3) is 0 Å². The Morgan fingerprint density at radius 2 is 1.67 bits per heavy atom. The molecule has 0 saturated heterocycles. The first-order chi connectivity index (χ1) is 8.47. The fourth-order valence-electron chi connectivity index (χ4n) is 1.41. The lowest BCUT2D eigenvalue weighted by atomic mass is 10.1. The lowest BCUT2D eigenvalue weighted by molar-refractivity contribution is -0.137. The summed E-state index contributed by atoms with van der Waals surface area (Å²) >= 11 is 0. The van der Waals surface area contributed by atoms with Crippen molar-refractivity contribution in [2.45, 2.75) is 19.0 Å². The summed E-state index contributed by atoms with van der Waals surface area (Å²) in [6.07, 6.45) is -4.65. The Labute approximate surface area is 104 Å². The maximum absolute atomic E-state index is 12.3. The minimum Gasteiger partial charge on any atom is -0.355 e. The van der Waals surface area contributed by atoms with Crippen LogP contribution in [0.4, 0.5) is 13.2 Å². The van der Waals surface area contributed by atoms with Crippen LogP contribution in [-0.2, 0) is 22.2 Å². The van der Waals surface area contributed by atoms with Crippen molar-refractivity contribution in [2.75, 3.05) is 20.8 Å². The van der Waals surface area contributed by atoms with E-state index in [2.05, 4.69) is 5.32 Å². The molecule has 0 aromatic heterocycles. The van der Waals surface area contributed by atoms with Crippen LogP contribution in [0.25, 0.3) is 0 Å². The van der Waals surface area contributed by atoms with E-state index in [0.717, 1.165) is 17.7 Å². The molecule has 0 aliphatic heterocycles. The highest BCUT2D eigenvalue weighted by atomic mass is 19.4. The number of nitrogens with one attached hydrogen (secondary N) is 1. The van der Waals surface area contributed by atoms with E-state index in [1.807, 2.05) is 0 Å². The number of alkyl halides is 3. The summed E-state index contributed by atoms with van der Waals surface area (Å²) in [5.74, 6) is 0. The molecule has 0 aliphatic carbocycles. The van der Waals surface area contributed by atoms with Crippen LogP contribution in [0.15, 0.2) is 24.3 Å².